The predicted molar refractivity (Wildman–Crippen MR) is 138 cm³/mol. The number of nitrogens with zero attached hydrogens (tertiary/aromatic N) is 2. The topological polar surface area (TPSA) is 123 Å². The zero-order valence-corrected chi connectivity index (χ0v) is 21.7. The largest absolute Gasteiger partial charge is 0.573 e. The number of hydrogen-bond donors (Lipinski definition) is 3. The van der Waals surface area contributed by atoms with E-state index < -0.39 is 18.5 Å². The number of ether oxygens (including phenoxy) is 2. The first-order chi connectivity index (χ1) is 18.5. The number of amides is 2. The fourth-order valence-corrected chi connectivity index (χ4v) is 4.66. The lowest BCUT2D eigenvalue weighted by atomic mass is 10.0. The number of halogens is 3. The number of carbonyl (C=O) groups is 2. The van der Waals surface area contributed by atoms with Crippen molar-refractivity contribution in [3.05, 3.63) is 54.5 Å². The molecule has 1 aliphatic rings. The van der Waals surface area contributed by atoms with Crippen LogP contribution in [0.25, 0.3) is 22.4 Å². The summed E-state index contributed by atoms with van der Waals surface area (Å²) in [7, 11) is 1.25. The highest BCUT2D eigenvalue weighted by atomic mass is 19.4. The third-order valence-electron chi connectivity index (χ3n) is 6.56. The molecular formula is C27H30F3N5O4. The van der Waals surface area contributed by atoms with Gasteiger partial charge in [-0.25, -0.2) is 9.78 Å². The van der Waals surface area contributed by atoms with Gasteiger partial charge in [0.15, 0.2) is 0 Å². The number of nitrogen functional groups attached to an aromatic ring is 1. The van der Waals surface area contributed by atoms with Gasteiger partial charge in [0.2, 0.25) is 5.91 Å². The van der Waals surface area contributed by atoms with Gasteiger partial charge in [-0.1, -0.05) is 38.1 Å². The molecule has 9 nitrogen and oxygen atoms in total. The highest BCUT2D eigenvalue weighted by Crippen LogP contribution is 2.37. The molecular weight excluding hydrogens is 515 g/mol. The second-order valence-corrected chi connectivity index (χ2v) is 9.60. The molecule has 2 heterocycles. The van der Waals surface area contributed by atoms with Gasteiger partial charge in [0, 0.05) is 35.6 Å². The maximum Gasteiger partial charge on any atom is 0.573 e. The minimum Gasteiger partial charge on any atom is -0.453 e. The van der Waals surface area contributed by atoms with Gasteiger partial charge < -0.3 is 30.4 Å². The highest BCUT2D eigenvalue weighted by molar-refractivity contribution is 5.86. The van der Waals surface area contributed by atoms with Crippen LogP contribution >= 0.6 is 0 Å². The summed E-state index contributed by atoms with van der Waals surface area (Å²) in [4.78, 5) is 34.7. The van der Waals surface area contributed by atoms with Crippen LogP contribution in [0.2, 0.25) is 0 Å². The number of nitrogens with two attached hydrogens (primary N) is 1. The number of aromatic nitrogens is 2. The summed E-state index contributed by atoms with van der Waals surface area (Å²) in [6.45, 7) is 4.23. The minimum absolute atomic E-state index is 0.147. The van der Waals surface area contributed by atoms with Crippen LogP contribution < -0.4 is 15.8 Å². The molecule has 2 amide bonds. The van der Waals surface area contributed by atoms with Crippen LogP contribution in [0.15, 0.2) is 48.7 Å². The Hall–Kier alpha value is -4.22. The van der Waals surface area contributed by atoms with E-state index in [1.165, 1.54) is 19.2 Å². The molecule has 0 spiro atoms. The number of rotatable bonds is 7. The van der Waals surface area contributed by atoms with E-state index in [1.54, 1.807) is 35.4 Å². The number of imidazole rings is 1. The van der Waals surface area contributed by atoms with Gasteiger partial charge in [-0.05, 0) is 36.5 Å². The van der Waals surface area contributed by atoms with Crippen molar-refractivity contribution >= 4 is 17.7 Å². The molecule has 12 heteroatoms. The molecule has 2 atom stereocenters. The molecule has 1 aliphatic heterocycles. The second kappa shape index (κ2) is 11.3. The molecule has 0 saturated carbocycles. The number of aromatic amines is 1. The maximum absolute atomic E-state index is 13.3. The van der Waals surface area contributed by atoms with Gasteiger partial charge >= 0.3 is 12.5 Å². The summed E-state index contributed by atoms with van der Waals surface area (Å²) in [5, 5.41) is 2.62. The number of alkyl carbamates (subject to hydrolysis) is 1. The zero-order valence-electron chi connectivity index (χ0n) is 21.7. The number of alkyl halides is 3. The number of hydrogen-bond acceptors (Lipinski definition) is 6. The Labute approximate surface area is 223 Å². The number of nitrogens with one attached hydrogen (secondary N) is 2. The molecule has 2 aromatic carbocycles. The van der Waals surface area contributed by atoms with Crippen LogP contribution in [0.4, 0.5) is 23.7 Å². The SMILES string of the molecule is COC(=O)N[C@H](C(=O)N1CCC[C@H]1c1nc(-c2ccc(-c3ccc(N)cc3OC(F)(F)F)cc2)c[nH]1)C(C)C. The van der Waals surface area contributed by atoms with Crippen molar-refractivity contribution in [1.82, 2.24) is 20.2 Å². The molecule has 4 rings (SSSR count). The smallest absolute Gasteiger partial charge is 0.453 e. The van der Waals surface area contributed by atoms with Crippen LogP contribution in [0.1, 0.15) is 38.6 Å². The molecule has 1 fully saturated rings. The quantitative estimate of drug-likeness (QED) is 0.348. The molecule has 1 saturated heterocycles. The van der Waals surface area contributed by atoms with Gasteiger partial charge in [-0.2, -0.15) is 0 Å². The van der Waals surface area contributed by atoms with Gasteiger partial charge in [0.25, 0.3) is 0 Å². The van der Waals surface area contributed by atoms with Crippen LogP contribution in [-0.2, 0) is 9.53 Å². The highest BCUT2D eigenvalue weighted by Gasteiger charge is 2.37. The monoisotopic (exact) mass is 545 g/mol. The van der Waals surface area contributed by atoms with Crippen LogP contribution in [0.5, 0.6) is 5.75 Å². The number of H-pyrrole nitrogens is 1. The van der Waals surface area contributed by atoms with Crippen molar-refractivity contribution in [2.24, 2.45) is 5.92 Å². The van der Waals surface area contributed by atoms with Crippen LogP contribution in [0, 0.1) is 5.92 Å². The number of methoxy groups -OCH3 is 1. The normalized spacial score (nSPS) is 16.3. The summed E-state index contributed by atoms with van der Waals surface area (Å²) in [5.41, 5.74) is 7.92. The molecule has 0 bridgehead atoms. The Morgan fingerprint density at radius 1 is 1.15 bits per heavy atom. The Bertz CT molecular complexity index is 1320. The summed E-state index contributed by atoms with van der Waals surface area (Å²) in [6.07, 6.45) is -2.31. The van der Waals surface area contributed by atoms with Gasteiger partial charge in [-0.3, -0.25) is 4.79 Å². The Morgan fingerprint density at radius 2 is 1.85 bits per heavy atom. The first kappa shape index (κ1) is 27.8. The van der Waals surface area contributed by atoms with E-state index in [0.29, 0.717) is 30.0 Å². The van der Waals surface area contributed by atoms with E-state index in [9.17, 15) is 22.8 Å². The van der Waals surface area contributed by atoms with E-state index in [2.05, 4.69) is 19.8 Å². The third-order valence-corrected chi connectivity index (χ3v) is 6.56. The first-order valence-electron chi connectivity index (χ1n) is 12.4. The molecule has 0 radical (unpaired) electrons. The van der Waals surface area contributed by atoms with Crippen molar-refractivity contribution in [3.8, 4) is 28.1 Å². The average molecular weight is 546 g/mol. The van der Waals surface area contributed by atoms with Crippen molar-refractivity contribution in [3.63, 3.8) is 0 Å². The Balaban J connectivity index is 1.54. The molecule has 4 N–H and O–H groups in total. The Morgan fingerprint density at radius 3 is 2.49 bits per heavy atom. The third kappa shape index (κ3) is 6.44. The van der Waals surface area contributed by atoms with Crippen molar-refractivity contribution in [2.45, 2.75) is 45.1 Å². The number of carbonyl (C=O) groups excluding carboxylic acids is 2. The van der Waals surface area contributed by atoms with Crippen molar-refractivity contribution in [1.29, 1.82) is 0 Å². The molecule has 0 aliphatic carbocycles. The predicted octanol–water partition coefficient (Wildman–Crippen LogP) is 5.27. The van der Waals surface area contributed by atoms with Gasteiger partial charge in [0.1, 0.15) is 17.6 Å². The number of anilines is 1. The fraction of sp³-hybridized carbons (Fsp3) is 0.370. The van der Waals surface area contributed by atoms with Crippen LogP contribution in [-0.4, -0.2) is 52.9 Å². The number of likely N-dealkylation sites (tertiary alicyclic amines) is 1. The standard InChI is InChI=1S/C27H30F3N5O4/c1-15(2)23(34-26(37)38-3)25(36)35-12-4-5-21(35)24-32-14-20(33-24)17-8-6-16(7-9-17)19-11-10-18(31)13-22(19)39-27(28,29)30/h6-11,13-15,21,23H,4-5,12,31H2,1-3H3,(H,32,33)(H,34,37)/t21-,23-/m0/s1. The lowest BCUT2D eigenvalue weighted by Gasteiger charge is -2.29. The zero-order chi connectivity index (χ0) is 28.3. The van der Waals surface area contributed by atoms with Gasteiger partial charge in [-0.15, -0.1) is 13.2 Å². The fourth-order valence-electron chi connectivity index (χ4n) is 4.66. The first-order valence-corrected chi connectivity index (χ1v) is 12.4. The van der Waals surface area contributed by atoms with E-state index in [0.717, 1.165) is 18.1 Å². The number of benzene rings is 2. The van der Waals surface area contributed by atoms with Gasteiger partial charge in [0.05, 0.1) is 18.8 Å². The summed E-state index contributed by atoms with van der Waals surface area (Å²) in [6, 6.07) is 9.93. The summed E-state index contributed by atoms with van der Waals surface area (Å²) >= 11 is 0. The molecule has 0 unspecified atom stereocenters. The van der Waals surface area contributed by atoms with E-state index in [-0.39, 0.29) is 34.9 Å². The second-order valence-electron chi connectivity index (χ2n) is 9.60. The maximum atomic E-state index is 13.3. The molecule has 39 heavy (non-hydrogen) atoms. The van der Waals surface area contributed by atoms with Crippen molar-refractivity contribution < 1.29 is 32.2 Å². The van der Waals surface area contributed by atoms with Crippen LogP contribution in [0.3, 0.4) is 0 Å². The Kier molecular flexibility index (Phi) is 8.03. The molecule has 208 valence electrons. The van der Waals surface area contributed by atoms with Crippen molar-refractivity contribution in [2.75, 3.05) is 19.4 Å². The van der Waals surface area contributed by atoms with E-state index in [4.69, 9.17) is 10.7 Å². The summed E-state index contributed by atoms with van der Waals surface area (Å²) in [5.74, 6) is -0.128. The average Bonchev–Trinajstić information content (AvgIpc) is 3.56. The molecule has 3 aromatic rings. The minimum atomic E-state index is -4.85. The van der Waals surface area contributed by atoms with E-state index >= 15 is 0 Å². The summed E-state index contributed by atoms with van der Waals surface area (Å²) < 4.78 is 47.5. The molecule has 1 aromatic heterocycles. The lowest BCUT2D eigenvalue weighted by molar-refractivity contribution is -0.274. The van der Waals surface area contributed by atoms with E-state index in [1.807, 2.05) is 13.8 Å². The lowest BCUT2D eigenvalue weighted by Crippen LogP contribution is -2.51.